The first kappa shape index (κ1) is 14.4. The van der Waals surface area contributed by atoms with E-state index in [1.807, 2.05) is 6.92 Å². The highest BCUT2D eigenvalue weighted by Gasteiger charge is 2.27. The van der Waals surface area contributed by atoms with Gasteiger partial charge in [-0.2, -0.15) is 0 Å². The number of nitrogens with zero attached hydrogens (tertiary/aromatic N) is 2. The van der Waals surface area contributed by atoms with Crippen LogP contribution in [0.15, 0.2) is 4.52 Å². The van der Waals surface area contributed by atoms with Crippen LogP contribution >= 0.6 is 0 Å². The van der Waals surface area contributed by atoms with Crippen molar-refractivity contribution in [1.82, 2.24) is 15.4 Å². The lowest BCUT2D eigenvalue weighted by Crippen LogP contribution is -2.45. The molecule has 0 aliphatic carbocycles. The molecule has 0 saturated carbocycles. The predicted octanol–water partition coefficient (Wildman–Crippen LogP) is 1.30. The SMILES string of the molecule is Cc1noc(C)c1CNC(=O)N1CCC(C(=O)O)CC1. The van der Waals surface area contributed by atoms with E-state index < -0.39 is 5.97 Å². The van der Waals surface area contributed by atoms with Crippen molar-refractivity contribution < 1.29 is 19.2 Å². The lowest BCUT2D eigenvalue weighted by molar-refractivity contribution is -0.143. The van der Waals surface area contributed by atoms with Crippen LogP contribution in [0.4, 0.5) is 4.79 Å². The first-order valence-electron chi connectivity index (χ1n) is 6.66. The number of urea groups is 1. The summed E-state index contributed by atoms with van der Waals surface area (Å²) in [5.41, 5.74) is 1.66. The molecule has 0 radical (unpaired) electrons. The minimum atomic E-state index is -0.777. The average molecular weight is 281 g/mol. The van der Waals surface area contributed by atoms with E-state index in [4.69, 9.17) is 9.63 Å². The van der Waals surface area contributed by atoms with Gasteiger partial charge in [0.15, 0.2) is 0 Å². The molecule has 1 fully saturated rings. The topological polar surface area (TPSA) is 95.7 Å². The second-order valence-corrected chi connectivity index (χ2v) is 5.06. The number of aromatic nitrogens is 1. The normalized spacial score (nSPS) is 16.2. The molecule has 1 aromatic heterocycles. The summed E-state index contributed by atoms with van der Waals surface area (Å²) >= 11 is 0. The zero-order chi connectivity index (χ0) is 14.7. The van der Waals surface area contributed by atoms with Crippen molar-refractivity contribution in [2.45, 2.75) is 33.2 Å². The van der Waals surface area contributed by atoms with Crippen LogP contribution in [0.1, 0.15) is 29.9 Å². The molecule has 1 aliphatic heterocycles. The molecule has 0 unspecified atom stereocenters. The van der Waals surface area contributed by atoms with Crippen LogP contribution < -0.4 is 5.32 Å². The fourth-order valence-electron chi connectivity index (χ4n) is 2.36. The number of carboxylic acids is 1. The summed E-state index contributed by atoms with van der Waals surface area (Å²) < 4.78 is 5.03. The zero-order valence-electron chi connectivity index (χ0n) is 11.7. The largest absolute Gasteiger partial charge is 0.481 e. The Bertz CT molecular complexity index is 484. The summed E-state index contributed by atoms with van der Waals surface area (Å²) in [5.74, 6) is -0.408. The monoisotopic (exact) mass is 281 g/mol. The quantitative estimate of drug-likeness (QED) is 0.870. The van der Waals surface area contributed by atoms with Gasteiger partial charge in [0.2, 0.25) is 0 Å². The number of likely N-dealkylation sites (tertiary alicyclic amines) is 1. The van der Waals surface area contributed by atoms with Crippen molar-refractivity contribution in [3.63, 3.8) is 0 Å². The first-order valence-corrected chi connectivity index (χ1v) is 6.66. The van der Waals surface area contributed by atoms with E-state index in [2.05, 4.69) is 10.5 Å². The van der Waals surface area contributed by atoms with Crippen molar-refractivity contribution in [3.05, 3.63) is 17.0 Å². The third kappa shape index (κ3) is 3.09. The van der Waals surface area contributed by atoms with Crippen molar-refractivity contribution in [1.29, 1.82) is 0 Å². The molecule has 2 amide bonds. The van der Waals surface area contributed by atoms with E-state index in [9.17, 15) is 9.59 Å². The highest BCUT2D eigenvalue weighted by atomic mass is 16.5. The molecular weight excluding hydrogens is 262 g/mol. The average Bonchev–Trinajstić information content (AvgIpc) is 2.75. The van der Waals surface area contributed by atoms with Crippen molar-refractivity contribution in [3.8, 4) is 0 Å². The lowest BCUT2D eigenvalue weighted by Gasteiger charge is -2.30. The Morgan fingerprint density at radius 2 is 2.05 bits per heavy atom. The summed E-state index contributed by atoms with van der Waals surface area (Å²) in [6.07, 6.45) is 1.02. The Kier molecular flexibility index (Phi) is 4.26. The summed E-state index contributed by atoms with van der Waals surface area (Å²) in [6, 6.07) is -0.172. The summed E-state index contributed by atoms with van der Waals surface area (Å²) in [7, 11) is 0. The Morgan fingerprint density at radius 3 is 2.55 bits per heavy atom. The van der Waals surface area contributed by atoms with Gasteiger partial charge in [-0.3, -0.25) is 4.79 Å². The molecular formula is C13H19N3O4. The second kappa shape index (κ2) is 5.94. The molecule has 0 spiro atoms. The number of aryl methyl sites for hydroxylation is 2. The van der Waals surface area contributed by atoms with Gasteiger partial charge in [0.25, 0.3) is 0 Å². The summed E-state index contributed by atoms with van der Waals surface area (Å²) in [4.78, 5) is 24.5. The number of carbonyl (C=O) groups excluding carboxylic acids is 1. The van der Waals surface area contributed by atoms with Crippen LogP contribution in [0.5, 0.6) is 0 Å². The van der Waals surface area contributed by atoms with Crippen LogP contribution in [-0.4, -0.2) is 40.3 Å². The summed E-state index contributed by atoms with van der Waals surface area (Å²) in [6.45, 7) is 4.96. The lowest BCUT2D eigenvalue weighted by atomic mass is 9.97. The molecule has 1 aromatic rings. The molecule has 0 atom stereocenters. The minimum absolute atomic E-state index is 0.172. The zero-order valence-corrected chi connectivity index (χ0v) is 11.7. The molecule has 0 aromatic carbocycles. The molecule has 1 saturated heterocycles. The molecule has 110 valence electrons. The smallest absolute Gasteiger partial charge is 0.317 e. The predicted molar refractivity (Wildman–Crippen MR) is 70.1 cm³/mol. The van der Waals surface area contributed by atoms with Crippen LogP contribution in [0.25, 0.3) is 0 Å². The second-order valence-electron chi connectivity index (χ2n) is 5.06. The number of amides is 2. The molecule has 7 heteroatoms. The van der Waals surface area contributed by atoms with Gasteiger partial charge < -0.3 is 19.8 Å². The Hall–Kier alpha value is -2.05. The number of aliphatic carboxylic acids is 1. The maximum absolute atomic E-state index is 12.0. The standard InChI is InChI=1S/C13H19N3O4/c1-8-11(9(2)20-15-8)7-14-13(19)16-5-3-10(4-6-16)12(17)18/h10H,3-7H2,1-2H3,(H,14,19)(H,17,18). The molecule has 2 rings (SSSR count). The van der Waals surface area contributed by atoms with Gasteiger partial charge in [-0.05, 0) is 26.7 Å². The molecule has 7 nitrogen and oxygen atoms in total. The number of carbonyl (C=O) groups is 2. The fraction of sp³-hybridized carbons (Fsp3) is 0.615. The number of piperidine rings is 1. The highest BCUT2D eigenvalue weighted by molar-refractivity contribution is 5.75. The number of hydrogen-bond acceptors (Lipinski definition) is 4. The molecule has 20 heavy (non-hydrogen) atoms. The Morgan fingerprint density at radius 1 is 1.40 bits per heavy atom. The number of carboxylic acid groups (broad SMARTS) is 1. The molecule has 1 aliphatic rings. The third-order valence-corrected chi connectivity index (χ3v) is 3.73. The van der Waals surface area contributed by atoms with E-state index in [1.54, 1.807) is 11.8 Å². The number of hydrogen-bond donors (Lipinski definition) is 2. The molecule has 0 bridgehead atoms. The van der Waals surface area contributed by atoms with Gasteiger partial charge >= 0.3 is 12.0 Å². The number of rotatable bonds is 3. The van der Waals surface area contributed by atoms with Crippen LogP contribution in [0.2, 0.25) is 0 Å². The van der Waals surface area contributed by atoms with Gasteiger partial charge in [0, 0.05) is 25.2 Å². The Balaban J connectivity index is 1.83. The van der Waals surface area contributed by atoms with Crippen molar-refractivity contribution in [2.24, 2.45) is 5.92 Å². The van der Waals surface area contributed by atoms with E-state index in [0.29, 0.717) is 38.2 Å². The van der Waals surface area contributed by atoms with Crippen LogP contribution in [0, 0.1) is 19.8 Å². The van der Waals surface area contributed by atoms with Crippen molar-refractivity contribution >= 4 is 12.0 Å². The fourth-order valence-corrected chi connectivity index (χ4v) is 2.36. The minimum Gasteiger partial charge on any atom is -0.481 e. The summed E-state index contributed by atoms with van der Waals surface area (Å²) in [5, 5.41) is 15.6. The van der Waals surface area contributed by atoms with Gasteiger partial charge in [-0.15, -0.1) is 0 Å². The van der Waals surface area contributed by atoms with Gasteiger partial charge in [-0.25, -0.2) is 4.79 Å². The highest BCUT2D eigenvalue weighted by Crippen LogP contribution is 2.17. The van der Waals surface area contributed by atoms with Crippen LogP contribution in [-0.2, 0) is 11.3 Å². The van der Waals surface area contributed by atoms with Crippen molar-refractivity contribution in [2.75, 3.05) is 13.1 Å². The number of nitrogens with one attached hydrogen (secondary N) is 1. The Labute approximate surface area is 116 Å². The maximum atomic E-state index is 12.0. The third-order valence-electron chi connectivity index (χ3n) is 3.73. The van der Waals surface area contributed by atoms with Gasteiger partial charge in [0.05, 0.1) is 11.6 Å². The molecule has 2 N–H and O–H groups in total. The van der Waals surface area contributed by atoms with E-state index in [-0.39, 0.29) is 11.9 Å². The van der Waals surface area contributed by atoms with E-state index in [0.717, 1.165) is 11.3 Å². The molecule has 2 heterocycles. The first-order chi connectivity index (χ1) is 9.49. The maximum Gasteiger partial charge on any atom is 0.317 e. The van der Waals surface area contributed by atoms with Gasteiger partial charge in [0.1, 0.15) is 5.76 Å². The van der Waals surface area contributed by atoms with Gasteiger partial charge in [-0.1, -0.05) is 5.16 Å². The van der Waals surface area contributed by atoms with Crippen LogP contribution in [0.3, 0.4) is 0 Å². The van der Waals surface area contributed by atoms with E-state index in [1.165, 1.54) is 0 Å². The van der Waals surface area contributed by atoms with E-state index >= 15 is 0 Å².